The number of piperidine rings is 1. The number of aromatic nitrogens is 2. The van der Waals surface area contributed by atoms with Crippen molar-refractivity contribution in [3.8, 4) is 0 Å². The zero-order chi connectivity index (χ0) is 16.2. The van der Waals surface area contributed by atoms with Crippen LogP contribution in [0.5, 0.6) is 0 Å². The minimum atomic E-state index is 0.177. The number of H-pyrrole nitrogens is 1. The number of rotatable bonds is 5. The van der Waals surface area contributed by atoms with Crippen molar-refractivity contribution >= 4 is 16.9 Å². The number of amides is 1. The maximum Gasteiger partial charge on any atom is 0.223 e. The molecule has 0 atom stereocenters. The van der Waals surface area contributed by atoms with Gasteiger partial charge in [0.2, 0.25) is 5.91 Å². The van der Waals surface area contributed by atoms with Crippen LogP contribution in [0.3, 0.4) is 0 Å². The van der Waals surface area contributed by atoms with Gasteiger partial charge in [-0.25, -0.2) is 4.98 Å². The maximum atomic E-state index is 12.0. The predicted molar refractivity (Wildman–Crippen MR) is 92.1 cm³/mol. The third kappa shape index (κ3) is 3.91. The average Bonchev–Trinajstić information content (AvgIpc) is 2.94. The maximum absolute atomic E-state index is 12.0. The molecule has 2 heterocycles. The van der Waals surface area contributed by atoms with Crippen LogP contribution in [0, 0.1) is 12.8 Å². The molecule has 0 spiro atoms. The minimum Gasteiger partial charge on any atom is -0.356 e. The topological polar surface area (TPSA) is 61.0 Å². The molecule has 1 saturated heterocycles. The molecule has 2 N–H and O–H groups in total. The van der Waals surface area contributed by atoms with E-state index in [1.54, 1.807) is 0 Å². The Kier molecular flexibility index (Phi) is 4.96. The summed E-state index contributed by atoms with van der Waals surface area (Å²) < 4.78 is 0. The molecule has 1 aromatic carbocycles. The van der Waals surface area contributed by atoms with Crippen LogP contribution in [0.25, 0.3) is 11.0 Å². The number of carbonyl (C=O) groups is 1. The molecule has 0 aliphatic carbocycles. The number of nitrogens with one attached hydrogen (secondary N) is 2. The highest BCUT2D eigenvalue weighted by molar-refractivity contribution is 5.78. The third-order valence-electron chi connectivity index (χ3n) is 4.57. The van der Waals surface area contributed by atoms with Gasteiger partial charge >= 0.3 is 0 Å². The van der Waals surface area contributed by atoms with Crippen LogP contribution < -0.4 is 5.32 Å². The first-order valence-electron chi connectivity index (χ1n) is 8.61. The summed E-state index contributed by atoms with van der Waals surface area (Å²) in [6.07, 6.45) is 2.87. The van der Waals surface area contributed by atoms with Crippen molar-refractivity contribution in [3.05, 3.63) is 29.6 Å². The monoisotopic (exact) mass is 314 g/mol. The first-order chi connectivity index (χ1) is 11.2. The van der Waals surface area contributed by atoms with Gasteiger partial charge in [0.25, 0.3) is 0 Å². The van der Waals surface area contributed by atoms with Crippen molar-refractivity contribution in [2.45, 2.75) is 39.7 Å². The fraction of sp³-hybridized carbons (Fsp3) is 0.556. The van der Waals surface area contributed by atoms with Gasteiger partial charge in [0, 0.05) is 12.5 Å². The molecule has 0 unspecified atom stereocenters. The molecule has 1 aromatic heterocycles. The van der Waals surface area contributed by atoms with E-state index < -0.39 is 0 Å². The van der Waals surface area contributed by atoms with Crippen LogP contribution in [0.2, 0.25) is 0 Å². The van der Waals surface area contributed by atoms with Gasteiger partial charge in [-0.2, -0.15) is 0 Å². The quantitative estimate of drug-likeness (QED) is 0.892. The lowest BCUT2D eigenvalue weighted by Crippen LogP contribution is -2.40. The number of nitrogens with zero attached hydrogens (tertiary/aromatic N) is 2. The van der Waals surface area contributed by atoms with Crippen LogP contribution in [-0.2, 0) is 11.3 Å². The van der Waals surface area contributed by atoms with Crippen LogP contribution in [-0.4, -0.2) is 40.4 Å². The molecular weight excluding hydrogens is 288 g/mol. The highest BCUT2D eigenvalue weighted by Gasteiger charge is 2.25. The van der Waals surface area contributed by atoms with Crippen molar-refractivity contribution in [1.82, 2.24) is 20.2 Å². The van der Waals surface area contributed by atoms with Gasteiger partial charge in [-0.1, -0.05) is 13.0 Å². The zero-order valence-corrected chi connectivity index (χ0v) is 14.1. The number of hydrogen-bond acceptors (Lipinski definition) is 3. The summed E-state index contributed by atoms with van der Waals surface area (Å²) in [4.78, 5) is 22.5. The summed E-state index contributed by atoms with van der Waals surface area (Å²) >= 11 is 0. The third-order valence-corrected chi connectivity index (χ3v) is 4.57. The number of aromatic amines is 1. The first-order valence-corrected chi connectivity index (χ1v) is 8.61. The Morgan fingerprint density at radius 1 is 1.39 bits per heavy atom. The normalized spacial score (nSPS) is 16.8. The molecule has 0 bridgehead atoms. The molecule has 5 heteroatoms. The summed E-state index contributed by atoms with van der Waals surface area (Å²) in [5.41, 5.74) is 3.37. The molecule has 1 aliphatic rings. The highest BCUT2D eigenvalue weighted by Crippen LogP contribution is 2.20. The zero-order valence-electron chi connectivity index (χ0n) is 14.1. The Morgan fingerprint density at radius 3 is 2.91 bits per heavy atom. The second-order valence-electron chi connectivity index (χ2n) is 6.55. The molecule has 5 nitrogen and oxygen atoms in total. The molecule has 2 aromatic rings. The summed E-state index contributed by atoms with van der Waals surface area (Å²) in [5, 5.41) is 3.01. The number of carbonyl (C=O) groups excluding carboxylic acids is 1. The van der Waals surface area contributed by atoms with E-state index in [-0.39, 0.29) is 11.8 Å². The number of fused-ring (bicyclic) bond motifs is 1. The number of aryl methyl sites for hydroxylation is 1. The van der Waals surface area contributed by atoms with E-state index in [2.05, 4.69) is 52.2 Å². The van der Waals surface area contributed by atoms with Crippen molar-refractivity contribution in [3.63, 3.8) is 0 Å². The summed E-state index contributed by atoms with van der Waals surface area (Å²) in [6, 6.07) is 6.29. The van der Waals surface area contributed by atoms with Crippen LogP contribution >= 0.6 is 0 Å². The molecule has 0 radical (unpaired) electrons. The second-order valence-corrected chi connectivity index (χ2v) is 6.55. The first kappa shape index (κ1) is 16.0. The fourth-order valence-electron chi connectivity index (χ4n) is 3.21. The number of likely N-dealkylation sites (tertiary alicyclic amines) is 1. The van der Waals surface area contributed by atoms with E-state index in [1.165, 1.54) is 5.56 Å². The predicted octanol–water partition coefficient (Wildman–Crippen LogP) is 2.61. The van der Waals surface area contributed by atoms with Gasteiger partial charge in [-0.05, 0) is 57.0 Å². The molecule has 1 fully saturated rings. The van der Waals surface area contributed by atoms with Crippen molar-refractivity contribution < 1.29 is 4.79 Å². The van der Waals surface area contributed by atoms with E-state index in [4.69, 9.17) is 0 Å². The van der Waals surface area contributed by atoms with Gasteiger partial charge in [-0.15, -0.1) is 0 Å². The van der Waals surface area contributed by atoms with E-state index in [1.807, 2.05) is 0 Å². The Labute approximate surface area is 137 Å². The standard InChI is InChI=1S/C18H26N4O/c1-3-8-19-18(23)14-6-9-22(10-7-14)12-17-20-15-5-4-13(2)11-16(15)21-17/h4-5,11,14H,3,6-10,12H2,1-2H3,(H,19,23)(H,20,21). The molecule has 1 aliphatic heterocycles. The lowest BCUT2D eigenvalue weighted by atomic mass is 9.96. The van der Waals surface area contributed by atoms with Crippen LogP contribution in [0.4, 0.5) is 0 Å². The summed E-state index contributed by atoms with van der Waals surface area (Å²) in [5.74, 6) is 1.42. The van der Waals surface area contributed by atoms with Crippen LogP contribution in [0.1, 0.15) is 37.6 Å². The largest absolute Gasteiger partial charge is 0.356 e. The number of benzene rings is 1. The van der Waals surface area contributed by atoms with Crippen molar-refractivity contribution in [1.29, 1.82) is 0 Å². The Balaban J connectivity index is 1.54. The molecule has 1 amide bonds. The van der Waals surface area contributed by atoms with Gasteiger partial charge in [0.1, 0.15) is 5.82 Å². The van der Waals surface area contributed by atoms with E-state index in [0.717, 1.165) is 62.3 Å². The van der Waals surface area contributed by atoms with Gasteiger partial charge in [0.15, 0.2) is 0 Å². The second kappa shape index (κ2) is 7.13. The minimum absolute atomic E-state index is 0.177. The van der Waals surface area contributed by atoms with E-state index in [0.29, 0.717) is 0 Å². The molecule has 3 rings (SSSR count). The fourth-order valence-corrected chi connectivity index (χ4v) is 3.21. The molecular formula is C18H26N4O. The SMILES string of the molecule is CCCNC(=O)C1CCN(Cc2nc3ccc(C)cc3[nH]2)CC1. The summed E-state index contributed by atoms with van der Waals surface area (Å²) in [7, 11) is 0. The smallest absolute Gasteiger partial charge is 0.223 e. The van der Waals surface area contributed by atoms with Crippen molar-refractivity contribution in [2.24, 2.45) is 5.92 Å². The highest BCUT2D eigenvalue weighted by atomic mass is 16.1. The van der Waals surface area contributed by atoms with E-state index >= 15 is 0 Å². The average molecular weight is 314 g/mol. The van der Waals surface area contributed by atoms with Gasteiger partial charge in [0.05, 0.1) is 17.6 Å². The van der Waals surface area contributed by atoms with Gasteiger partial charge < -0.3 is 10.3 Å². The lowest BCUT2D eigenvalue weighted by molar-refractivity contribution is -0.126. The summed E-state index contributed by atoms with van der Waals surface area (Å²) in [6.45, 7) is 7.71. The molecule has 23 heavy (non-hydrogen) atoms. The lowest BCUT2D eigenvalue weighted by Gasteiger charge is -2.30. The Morgan fingerprint density at radius 2 is 2.17 bits per heavy atom. The van der Waals surface area contributed by atoms with Gasteiger partial charge in [-0.3, -0.25) is 9.69 Å². The molecule has 0 saturated carbocycles. The van der Waals surface area contributed by atoms with E-state index in [9.17, 15) is 4.79 Å². The Hall–Kier alpha value is -1.88. The number of hydrogen-bond donors (Lipinski definition) is 2. The molecule has 124 valence electrons. The number of imidazole rings is 1. The van der Waals surface area contributed by atoms with Crippen molar-refractivity contribution in [2.75, 3.05) is 19.6 Å². The Bertz CT molecular complexity index is 671. The van der Waals surface area contributed by atoms with Crippen LogP contribution in [0.15, 0.2) is 18.2 Å².